The van der Waals surface area contributed by atoms with Crippen molar-refractivity contribution in [1.82, 2.24) is 0 Å². The number of carbonyl (C=O) groups excluding carboxylic acids is 2. The molecule has 11 heavy (non-hydrogen) atoms. The standard InChI is InChI=1S/2C2H4O2.3K.H/c2*1-2(3)4;;;;/h2*1H3,(H,3,4);;;;/q;;;2*+1;/p-2. The van der Waals surface area contributed by atoms with E-state index in [1.165, 1.54) is 0 Å². The normalized spacial score (nSPS) is 4.55. The van der Waals surface area contributed by atoms with Crippen molar-refractivity contribution in [3.63, 3.8) is 0 Å². The predicted molar refractivity (Wildman–Crippen MR) is 28.5 cm³/mol. The number of hydrogen-bond donors (Lipinski definition) is 0. The van der Waals surface area contributed by atoms with Gasteiger partial charge in [-0.25, -0.2) is 0 Å². The summed E-state index contributed by atoms with van der Waals surface area (Å²) >= 11 is 0. The van der Waals surface area contributed by atoms with Crippen LogP contribution in [-0.2, 0) is 9.59 Å². The molecule has 0 aliphatic carbocycles. The van der Waals surface area contributed by atoms with Crippen molar-refractivity contribution in [2.75, 3.05) is 0 Å². The van der Waals surface area contributed by atoms with E-state index in [2.05, 4.69) is 0 Å². The summed E-state index contributed by atoms with van der Waals surface area (Å²) in [5, 5.41) is 17.8. The number of carboxylic acid groups (broad SMARTS) is 2. The van der Waals surface area contributed by atoms with Crippen molar-refractivity contribution >= 4 is 63.3 Å². The Balaban J connectivity index is -0.0000000171. The molecule has 7 heteroatoms. The molecule has 0 amide bonds. The van der Waals surface area contributed by atoms with E-state index in [1.54, 1.807) is 0 Å². The molecule has 0 saturated carbocycles. The summed E-state index contributed by atoms with van der Waals surface area (Å²) in [6.07, 6.45) is 0. The second-order valence-corrected chi connectivity index (χ2v) is 0.983. The van der Waals surface area contributed by atoms with Crippen LogP contribution in [0, 0.1) is 0 Å². The van der Waals surface area contributed by atoms with E-state index in [4.69, 9.17) is 19.8 Å². The summed E-state index contributed by atoms with van der Waals surface area (Å²) in [7, 11) is 0. The predicted octanol–water partition coefficient (Wildman–Crippen LogP) is -9.13. The molecule has 0 bridgehead atoms. The molecule has 0 atom stereocenters. The van der Waals surface area contributed by atoms with Crippen LogP contribution in [0.3, 0.4) is 0 Å². The fourth-order valence-corrected chi connectivity index (χ4v) is 0. The quantitative estimate of drug-likeness (QED) is 0.391. The van der Waals surface area contributed by atoms with E-state index in [-0.39, 0.29) is 154 Å². The van der Waals surface area contributed by atoms with Crippen LogP contribution < -0.4 is 113 Å². The minimum atomic E-state index is -1.08. The first-order chi connectivity index (χ1) is 3.46. The van der Waals surface area contributed by atoms with Crippen LogP contribution in [-0.4, -0.2) is 63.3 Å². The first-order valence-corrected chi connectivity index (χ1v) is 1.82. The van der Waals surface area contributed by atoms with Gasteiger partial charge in [0.1, 0.15) is 0 Å². The third-order valence-electron chi connectivity index (χ3n) is 0. The third kappa shape index (κ3) is 131. The first-order valence-electron chi connectivity index (χ1n) is 1.82. The molecule has 0 radical (unpaired) electrons. The Bertz CT molecular complexity index is 75.3. The van der Waals surface area contributed by atoms with Crippen LogP contribution in [0.1, 0.15) is 13.8 Å². The Morgan fingerprint density at radius 2 is 0.909 bits per heavy atom. The maximum absolute atomic E-state index is 8.89. The molecule has 0 fully saturated rings. The average Bonchev–Trinajstić information content (AvgIpc) is 1.25. The number of carboxylic acids is 2. The number of carbonyl (C=O) groups is 2. The first kappa shape index (κ1) is 29.4. The monoisotopic (exact) mass is 236 g/mol. The maximum atomic E-state index is 8.89. The summed E-state index contributed by atoms with van der Waals surface area (Å²) in [5.41, 5.74) is 0. The van der Waals surface area contributed by atoms with E-state index in [1.807, 2.05) is 0 Å². The van der Waals surface area contributed by atoms with Crippen LogP contribution in [0.15, 0.2) is 0 Å². The summed E-state index contributed by atoms with van der Waals surface area (Å²) in [4.78, 5) is 17.8. The molecule has 0 spiro atoms. The van der Waals surface area contributed by atoms with Crippen LogP contribution in [0.25, 0.3) is 0 Å². The van der Waals surface area contributed by atoms with Gasteiger partial charge in [0.05, 0.1) is 0 Å². The average molecular weight is 236 g/mol. The summed E-state index contributed by atoms with van der Waals surface area (Å²) in [6.45, 7) is 1.94. The second-order valence-electron chi connectivity index (χ2n) is 0.983. The topological polar surface area (TPSA) is 80.3 Å². The zero-order valence-corrected chi connectivity index (χ0v) is 12.9. The zero-order chi connectivity index (χ0) is 7.15. The molecule has 0 heterocycles. The van der Waals surface area contributed by atoms with Gasteiger partial charge in [-0.2, -0.15) is 0 Å². The molecule has 0 unspecified atom stereocenters. The van der Waals surface area contributed by atoms with Crippen molar-refractivity contribution in [2.45, 2.75) is 13.8 Å². The van der Waals surface area contributed by atoms with E-state index < -0.39 is 11.9 Å². The molecule has 0 aromatic heterocycles. The van der Waals surface area contributed by atoms with Gasteiger partial charge >= 0.3 is 154 Å². The number of hydrogen-bond acceptors (Lipinski definition) is 4. The number of rotatable bonds is 0. The SMILES string of the molecule is CC(=O)[O-].CC(=O)[O-].[K+].[K+].[KH]. The van der Waals surface area contributed by atoms with E-state index in [9.17, 15) is 0 Å². The molecule has 50 valence electrons. The molecule has 0 aliphatic rings. The van der Waals surface area contributed by atoms with Gasteiger partial charge in [0.15, 0.2) is 0 Å². The Kier molecular flexibility index (Phi) is 62.9. The Labute approximate surface area is 194 Å². The third-order valence-corrected chi connectivity index (χ3v) is 0. The van der Waals surface area contributed by atoms with Crippen LogP contribution >= 0.6 is 0 Å². The van der Waals surface area contributed by atoms with Gasteiger partial charge in [-0.3, -0.25) is 0 Å². The van der Waals surface area contributed by atoms with Crippen molar-refractivity contribution in [3.8, 4) is 0 Å². The number of aliphatic carboxylic acids is 2. The molecule has 4 nitrogen and oxygen atoms in total. The Morgan fingerprint density at radius 3 is 0.909 bits per heavy atom. The molecule has 0 aliphatic heterocycles. The van der Waals surface area contributed by atoms with Crippen LogP contribution in [0.4, 0.5) is 0 Å². The fourth-order valence-electron chi connectivity index (χ4n) is 0. The van der Waals surface area contributed by atoms with Crippen molar-refractivity contribution < 1.29 is 123 Å². The Morgan fingerprint density at radius 1 is 0.909 bits per heavy atom. The molecule has 0 aromatic carbocycles. The van der Waals surface area contributed by atoms with Crippen molar-refractivity contribution in [3.05, 3.63) is 0 Å². The van der Waals surface area contributed by atoms with Gasteiger partial charge in [-0.05, 0) is 13.8 Å². The minimum absolute atomic E-state index is 0. The Hall–Kier alpha value is 3.85. The molecular weight excluding hydrogens is 229 g/mol. The molecular formula is C4H7K3O4. The molecule has 0 aromatic rings. The summed E-state index contributed by atoms with van der Waals surface area (Å²) in [6, 6.07) is 0. The second kappa shape index (κ2) is 23.6. The van der Waals surface area contributed by atoms with Crippen LogP contribution in [0.5, 0.6) is 0 Å². The van der Waals surface area contributed by atoms with Gasteiger partial charge in [0, 0.05) is 11.9 Å². The molecule has 0 saturated heterocycles. The summed E-state index contributed by atoms with van der Waals surface area (Å²) in [5.74, 6) is -2.17. The van der Waals surface area contributed by atoms with Gasteiger partial charge in [0.25, 0.3) is 0 Å². The van der Waals surface area contributed by atoms with E-state index in [0.29, 0.717) is 0 Å². The molecule has 0 N–H and O–H groups in total. The van der Waals surface area contributed by atoms with Crippen molar-refractivity contribution in [1.29, 1.82) is 0 Å². The van der Waals surface area contributed by atoms with E-state index in [0.717, 1.165) is 13.8 Å². The summed E-state index contributed by atoms with van der Waals surface area (Å²) < 4.78 is 0. The van der Waals surface area contributed by atoms with E-state index >= 15 is 0 Å². The van der Waals surface area contributed by atoms with Gasteiger partial charge in [-0.15, -0.1) is 0 Å². The van der Waals surface area contributed by atoms with Crippen LogP contribution in [0.2, 0.25) is 0 Å². The van der Waals surface area contributed by atoms with Crippen molar-refractivity contribution in [2.24, 2.45) is 0 Å². The van der Waals surface area contributed by atoms with Gasteiger partial charge < -0.3 is 19.8 Å². The van der Waals surface area contributed by atoms with Gasteiger partial charge in [-0.1, -0.05) is 0 Å². The van der Waals surface area contributed by atoms with Gasteiger partial charge in [0.2, 0.25) is 0 Å². The molecule has 0 rings (SSSR count). The zero-order valence-electron chi connectivity index (χ0n) is 6.63. The fraction of sp³-hybridized carbons (Fsp3) is 0.500.